The summed E-state index contributed by atoms with van der Waals surface area (Å²) in [6.45, 7) is 5.96. The zero-order valence-corrected chi connectivity index (χ0v) is 10.1. The highest BCUT2D eigenvalue weighted by Gasteiger charge is 2.32. The molecule has 2 nitrogen and oxygen atoms in total. The van der Waals surface area contributed by atoms with E-state index in [-0.39, 0.29) is 5.54 Å². The van der Waals surface area contributed by atoms with Gasteiger partial charge in [-0.05, 0) is 25.7 Å². The van der Waals surface area contributed by atoms with Crippen LogP contribution >= 0.6 is 0 Å². The highest BCUT2D eigenvalue weighted by molar-refractivity contribution is 4.98. The molecule has 1 rings (SSSR count). The third kappa shape index (κ3) is 3.85. The first-order valence-corrected chi connectivity index (χ1v) is 6.07. The summed E-state index contributed by atoms with van der Waals surface area (Å²) in [6.07, 6.45) is 6.06. The Kier molecular flexibility index (Phi) is 5.14. The first kappa shape index (κ1) is 12.5. The van der Waals surface area contributed by atoms with Gasteiger partial charge in [0.1, 0.15) is 0 Å². The predicted octanol–water partition coefficient (Wildman–Crippen LogP) is 1.90. The Hall–Kier alpha value is -0.520. The minimum absolute atomic E-state index is 0.201. The van der Waals surface area contributed by atoms with Gasteiger partial charge in [0.2, 0.25) is 0 Å². The highest BCUT2D eigenvalue weighted by Crippen LogP contribution is 2.31. The number of hydrogen-bond acceptors (Lipinski definition) is 2. The van der Waals surface area contributed by atoms with E-state index < -0.39 is 0 Å². The molecule has 0 radical (unpaired) electrons. The lowest BCUT2D eigenvalue weighted by Gasteiger charge is -2.40. The second-order valence-electron chi connectivity index (χ2n) is 4.79. The first-order valence-electron chi connectivity index (χ1n) is 6.07. The summed E-state index contributed by atoms with van der Waals surface area (Å²) >= 11 is 0. The molecule has 3 N–H and O–H groups in total. The Bertz CT molecular complexity index is 239. The molecule has 0 aromatic rings. The summed E-state index contributed by atoms with van der Waals surface area (Å²) in [7, 11) is 0. The van der Waals surface area contributed by atoms with Gasteiger partial charge in [-0.1, -0.05) is 19.8 Å². The molecule has 0 aliphatic heterocycles. The summed E-state index contributed by atoms with van der Waals surface area (Å²) in [5.41, 5.74) is 6.12. The summed E-state index contributed by atoms with van der Waals surface area (Å²) in [4.78, 5) is 0. The minimum atomic E-state index is 0.201. The van der Waals surface area contributed by atoms with Gasteiger partial charge in [-0.15, -0.1) is 11.8 Å². The third-order valence-corrected chi connectivity index (χ3v) is 3.41. The zero-order chi connectivity index (χ0) is 11.1. The average molecular weight is 208 g/mol. The van der Waals surface area contributed by atoms with E-state index in [9.17, 15) is 0 Å². The van der Waals surface area contributed by atoms with Crippen LogP contribution in [0.25, 0.3) is 0 Å². The number of rotatable bonds is 4. The second-order valence-corrected chi connectivity index (χ2v) is 4.79. The molecule has 2 atom stereocenters. The van der Waals surface area contributed by atoms with Crippen LogP contribution in [0.2, 0.25) is 0 Å². The molecule has 86 valence electrons. The highest BCUT2D eigenvalue weighted by atomic mass is 15.0. The van der Waals surface area contributed by atoms with Crippen LogP contribution in [0.5, 0.6) is 0 Å². The van der Waals surface area contributed by atoms with E-state index >= 15 is 0 Å². The Labute approximate surface area is 94.0 Å². The number of nitrogens with two attached hydrogens (primary N) is 1. The Morgan fingerprint density at radius 3 is 2.93 bits per heavy atom. The normalized spacial score (nSPS) is 30.7. The molecule has 15 heavy (non-hydrogen) atoms. The van der Waals surface area contributed by atoms with Crippen LogP contribution in [0.1, 0.15) is 46.0 Å². The van der Waals surface area contributed by atoms with Gasteiger partial charge in [0.25, 0.3) is 0 Å². The Balaban J connectivity index is 2.40. The molecule has 1 aliphatic rings. The lowest BCUT2D eigenvalue weighted by atomic mass is 9.76. The van der Waals surface area contributed by atoms with Crippen molar-refractivity contribution in [3.8, 4) is 11.8 Å². The lowest BCUT2D eigenvalue weighted by molar-refractivity contribution is 0.195. The third-order valence-electron chi connectivity index (χ3n) is 3.41. The maximum Gasteiger partial charge on any atom is 0.0306 e. The van der Waals surface area contributed by atoms with Crippen molar-refractivity contribution in [2.45, 2.75) is 51.5 Å². The van der Waals surface area contributed by atoms with Gasteiger partial charge in [-0.3, -0.25) is 0 Å². The molecule has 1 aliphatic carbocycles. The molecule has 2 heteroatoms. The van der Waals surface area contributed by atoms with Crippen molar-refractivity contribution in [2.75, 3.05) is 13.1 Å². The largest absolute Gasteiger partial charge is 0.329 e. The number of nitrogens with one attached hydrogen (secondary N) is 1. The average Bonchev–Trinajstić information content (AvgIpc) is 2.25. The van der Waals surface area contributed by atoms with Crippen LogP contribution in [0, 0.1) is 17.8 Å². The molecule has 0 amide bonds. The summed E-state index contributed by atoms with van der Waals surface area (Å²) in [5.74, 6) is 6.82. The zero-order valence-electron chi connectivity index (χ0n) is 10.1. The van der Waals surface area contributed by atoms with E-state index in [1.807, 2.05) is 6.92 Å². The van der Waals surface area contributed by atoms with Crippen molar-refractivity contribution in [1.82, 2.24) is 5.32 Å². The lowest BCUT2D eigenvalue weighted by Crippen LogP contribution is -2.54. The van der Waals surface area contributed by atoms with Crippen LogP contribution < -0.4 is 11.1 Å². The number of hydrogen-bond donors (Lipinski definition) is 2. The molecule has 0 spiro atoms. The van der Waals surface area contributed by atoms with Crippen LogP contribution in [0.15, 0.2) is 0 Å². The predicted molar refractivity (Wildman–Crippen MR) is 65.5 cm³/mol. The van der Waals surface area contributed by atoms with Gasteiger partial charge in [-0.25, -0.2) is 0 Å². The van der Waals surface area contributed by atoms with E-state index in [4.69, 9.17) is 5.73 Å². The molecule has 0 saturated heterocycles. The molecule has 0 bridgehead atoms. The second kappa shape index (κ2) is 6.15. The standard InChI is InChI=1S/C13H24N2/c1-3-4-5-9-15-13(11-14)8-6-7-12(2)10-13/h12,15H,5-11,14H2,1-2H3. The first-order chi connectivity index (χ1) is 7.22. The molecule has 1 saturated carbocycles. The molecule has 0 aromatic heterocycles. The van der Waals surface area contributed by atoms with Crippen molar-refractivity contribution in [1.29, 1.82) is 0 Å². The van der Waals surface area contributed by atoms with E-state index in [2.05, 4.69) is 24.1 Å². The SMILES string of the molecule is CC#CCCNC1(CN)CCCC(C)C1. The van der Waals surface area contributed by atoms with Crippen molar-refractivity contribution >= 4 is 0 Å². The maximum atomic E-state index is 5.92. The maximum absolute atomic E-state index is 5.92. The fourth-order valence-corrected chi connectivity index (χ4v) is 2.59. The molecule has 0 aromatic carbocycles. The summed E-state index contributed by atoms with van der Waals surface area (Å²) in [5, 5.41) is 3.62. The van der Waals surface area contributed by atoms with Crippen LogP contribution in [0.4, 0.5) is 0 Å². The summed E-state index contributed by atoms with van der Waals surface area (Å²) in [6, 6.07) is 0. The fourth-order valence-electron chi connectivity index (χ4n) is 2.59. The Morgan fingerprint density at radius 2 is 2.33 bits per heavy atom. The van der Waals surface area contributed by atoms with E-state index in [0.29, 0.717) is 0 Å². The van der Waals surface area contributed by atoms with Crippen molar-refractivity contribution in [3.05, 3.63) is 0 Å². The molecule has 2 unspecified atom stereocenters. The smallest absolute Gasteiger partial charge is 0.0306 e. The monoisotopic (exact) mass is 208 g/mol. The minimum Gasteiger partial charge on any atom is -0.329 e. The molecular weight excluding hydrogens is 184 g/mol. The van der Waals surface area contributed by atoms with Gasteiger partial charge >= 0.3 is 0 Å². The van der Waals surface area contributed by atoms with Crippen molar-refractivity contribution in [2.24, 2.45) is 11.7 Å². The van der Waals surface area contributed by atoms with Gasteiger partial charge in [0, 0.05) is 25.0 Å². The van der Waals surface area contributed by atoms with E-state index in [1.165, 1.54) is 25.7 Å². The van der Waals surface area contributed by atoms with E-state index in [1.54, 1.807) is 0 Å². The summed E-state index contributed by atoms with van der Waals surface area (Å²) < 4.78 is 0. The van der Waals surface area contributed by atoms with Crippen molar-refractivity contribution in [3.63, 3.8) is 0 Å². The van der Waals surface area contributed by atoms with E-state index in [0.717, 1.165) is 25.4 Å². The van der Waals surface area contributed by atoms with Gasteiger partial charge < -0.3 is 11.1 Å². The van der Waals surface area contributed by atoms with Gasteiger partial charge in [0.05, 0.1) is 0 Å². The topological polar surface area (TPSA) is 38.0 Å². The van der Waals surface area contributed by atoms with Crippen LogP contribution in [-0.2, 0) is 0 Å². The Morgan fingerprint density at radius 1 is 1.53 bits per heavy atom. The van der Waals surface area contributed by atoms with Crippen LogP contribution in [0.3, 0.4) is 0 Å². The van der Waals surface area contributed by atoms with Crippen molar-refractivity contribution < 1.29 is 0 Å². The fraction of sp³-hybridized carbons (Fsp3) is 0.846. The quantitative estimate of drug-likeness (QED) is 0.547. The molecular formula is C13H24N2. The van der Waals surface area contributed by atoms with Gasteiger partial charge in [-0.2, -0.15) is 0 Å². The molecule has 1 fully saturated rings. The molecule has 0 heterocycles. The van der Waals surface area contributed by atoms with Crippen LogP contribution in [-0.4, -0.2) is 18.6 Å². The van der Waals surface area contributed by atoms with Gasteiger partial charge in [0.15, 0.2) is 0 Å².